The van der Waals surface area contributed by atoms with E-state index >= 15 is 0 Å². The van der Waals surface area contributed by atoms with Gasteiger partial charge in [0.25, 0.3) is 5.69 Å². The van der Waals surface area contributed by atoms with Gasteiger partial charge in [-0.1, -0.05) is 0 Å². The summed E-state index contributed by atoms with van der Waals surface area (Å²) in [5.74, 6) is -0.111. The summed E-state index contributed by atoms with van der Waals surface area (Å²) in [6.45, 7) is 4.16. The minimum Gasteiger partial charge on any atom is -0.493 e. The molecule has 0 radical (unpaired) electrons. The molecule has 0 bridgehead atoms. The van der Waals surface area contributed by atoms with Gasteiger partial charge in [-0.2, -0.15) is 0 Å². The van der Waals surface area contributed by atoms with Crippen LogP contribution in [0, 0.1) is 10.1 Å². The fourth-order valence-electron chi connectivity index (χ4n) is 1.40. The van der Waals surface area contributed by atoms with Gasteiger partial charge in [0.05, 0.1) is 24.2 Å². The summed E-state index contributed by atoms with van der Waals surface area (Å²) >= 11 is 0. The Labute approximate surface area is 110 Å². The monoisotopic (exact) mass is 265 g/mol. The SMILES string of the molecule is CCOC(=O)C=Cc1ccc([N+](=O)[O-])cc1OCC. The molecule has 0 N–H and O–H groups in total. The van der Waals surface area contributed by atoms with Crippen LogP contribution in [-0.4, -0.2) is 24.1 Å². The Kier molecular flexibility index (Phi) is 5.53. The number of hydrogen-bond acceptors (Lipinski definition) is 5. The number of ether oxygens (including phenoxy) is 2. The molecule has 0 unspecified atom stereocenters. The number of hydrogen-bond donors (Lipinski definition) is 0. The third kappa shape index (κ3) is 4.42. The van der Waals surface area contributed by atoms with Crippen molar-refractivity contribution in [1.29, 1.82) is 0 Å². The maximum Gasteiger partial charge on any atom is 0.330 e. The second-order valence-corrected chi connectivity index (χ2v) is 3.50. The van der Waals surface area contributed by atoms with Crippen LogP contribution in [0.1, 0.15) is 19.4 Å². The summed E-state index contributed by atoms with van der Waals surface area (Å²) in [4.78, 5) is 21.4. The van der Waals surface area contributed by atoms with Crippen LogP contribution < -0.4 is 4.74 Å². The van der Waals surface area contributed by atoms with Crippen molar-refractivity contribution in [2.24, 2.45) is 0 Å². The maximum atomic E-state index is 11.2. The minimum absolute atomic E-state index is 0.0586. The maximum absolute atomic E-state index is 11.2. The fourth-order valence-corrected chi connectivity index (χ4v) is 1.40. The Balaban J connectivity index is 2.99. The van der Waals surface area contributed by atoms with Crippen LogP contribution in [0.5, 0.6) is 5.75 Å². The van der Waals surface area contributed by atoms with Gasteiger partial charge in [0, 0.05) is 17.7 Å². The van der Waals surface area contributed by atoms with Crippen LogP contribution in [-0.2, 0) is 9.53 Å². The summed E-state index contributed by atoms with van der Waals surface area (Å²) in [5.41, 5.74) is 0.525. The smallest absolute Gasteiger partial charge is 0.330 e. The fraction of sp³-hybridized carbons (Fsp3) is 0.308. The molecule has 1 rings (SSSR count). The molecule has 0 aliphatic heterocycles. The summed E-state index contributed by atoms with van der Waals surface area (Å²) in [6.07, 6.45) is 2.76. The molecule has 0 amide bonds. The molecule has 1 aromatic carbocycles. The van der Waals surface area contributed by atoms with Crippen molar-refractivity contribution in [1.82, 2.24) is 0 Å². The Morgan fingerprint density at radius 2 is 2.11 bits per heavy atom. The van der Waals surface area contributed by atoms with Crippen LogP contribution in [0.2, 0.25) is 0 Å². The van der Waals surface area contributed by atoms with Crippen LogP contribution in [0.25, 0.3) is 6.08 Å². The van der Waals surface area contributed by atoms with Crippen LogP contribution in [0.4, 0.5) is 5.69 Å². The van der Waals surface area contributed by atoms with Crippen LogP contribution >= 0.6 is 0 Å². The Hall–Kier alpha value is -2.37. The standard InChI is InChI=1S/C13H15NO5/c1-3-18-12-9-11(14(16)17)7-5-10(12)6-8-13(15)19-4-2/h5-9H,3-4H2,1-2H3. The van der Waals surface area contributed by atoms with Gasteiger partial charge in [-0.15, -0.1) is 0 Å². The van der Waals surface area contributed by atoms with Crippen molar-refractivity contribution in [2.75, 3.05) is 13.2 Å². The average Bonchev–Trinajstić information content (AvgIpc) is 2.37. The molecule has 6 heteroatoms. The molecule has 0 fully saturated rings. The van der Waals surface area contributed by atoms with E-state index in [0.29, 0.717) is 24.5 Å². The van der Waals surface area contributed by atoms with E-state index in [0.717, 1.165) is 0 Å². The van der Waals surface area contributed by atoms with E-state index in [1.165, 1.54) is 30.4 Å². The van der Waals surface area contributed by atoms with E-state index < -0.39 is 10.9 Å². The average molecular weight is 265 g/mol. The van der Waals surface area contributed by atoms with Crippen molar-refractivity contribution in [3.05, 3.63) is 40.0 Å². The normalized spacial score (nSPS) is 10.4. The highest BCUT2D eigenvalue weighted by atomic mass is 16.6. The molecule has 0 aliphatic carbocycles. The van der Waals surface area contributed by atoms with Gasteiger partial charge in [-0.25, -0.2) is 4.79 Å². The second-order valence-electron chi connectivity index (χ2n) is 3.50. The lowest BCUT2D eigenvalue weighted by Gasteiger charge is -2.06. The summed E-state index contributed by atoms with van der Waals surface area (Å²) < 4.78 is 10.1. The predicted molar refractivity (Wildman–Crippen MR) is 69.9 cm³/mol. The van der Waals surface area contributed by atoms with Crippen LogP contribution in [0.15, 0.2) is 24.3 Å². The largest absolute Gasteiger partial charge is 0.493 e. The number of carbonyl (C=O) groups is 1. The van der Waals surface area contributed by atoms with Gasteiger partial charge in [0.2, 0.25) is 0 Å². The topological polar surface area (TPSA) is 78.7 Å². The summed E-state index contributed by atoms with van der Waals surface area (Å²) in [5, 5.41) is 10.7. The Bertz CT molecular complexity index is 496. The van der Waals surface area contributed by atoms with Gasteiger partial charge in [-0.3, -0.25) is 10.1 Å². The number of carbonyl (C=O) groups excluding carboxylic acids is 1. The minimum atomic E-state index is -0.499. The Morgan fingerprint density at radius 3 is 2.68 bits per heavy atom. The predicted octanol–water partition coefficient (Wildman–Crippen LogP) is 2.57. The highest BCUT2D eigenvalue weighted by molar-refractivity contribution is 5.87. The van der Waals surface area contributed by atoms with E-state index in [-0.39, 0.29) is 5.69 Å². The van der Waals surface area contributed by atoms with Crippen LogP contribution in [0.3, 0.4) is 0 Å². The first-order valence-electron chi connectivity index (χ1n) is 5.84. The molecule has 1 aromatic rings. The molecular formula is C13H15NO5. The lowest BCUT2D eigenvalue weighted by molar-refractivity contribution is -0.384. The quantitative estimate of drug-likeness (QED) is 0.342. The molecule has 0 heterocycles. The van der Waals surface area contributed by atoms with Gasteiger partial charge in [0.15, 0.2) is 0 Å². The second kappa shape index (κ2) is 7.15. The van der Waals surface area contributed by atoms with Crippen molar-refractivity contribution >= 4 is 17.7 Å². The van der Waals surface area contributed by atoms with E-state index in [1.807, 2.05) is 0 Å². The van der Waals surface area contributed by atoms with Gasteiger partial charge in [-0.05, 0) is 26.0 Å². The zero-order chi connectivity index (χ0) is 14.3. The highest BCUT2D eigenvalue weighted by Crippen LogP contribution is 2.26. The number of nitro benzene ring substituents is 1. The third-order valence-electron chi connectivity index (χ3n) is 2.19. The number of esters is 1. The lowest BCUT2D eigenvalue weighted by Crippen LogP contribution is -1.99. The third-order valence-corrected chi connectivity index (χ3v) is 2.19. The molecule has 0 saturated heterocycles. The van der Waals surface area contributed by atoms with E-state index in [9.17, 15) is 14.9 Å². The molecule has 19 heavy (non-hydrogen) atoms. The number of nitrogens with zero attached hydrogens (tertiary/aromatic N) is 1. The van der Waals surface area contributed by atoms with Crippen molar-refractivity contribution < 1.29 is 19.2 Å². The molecular weight excluding hydrogens is 250 g/mol. The summed E-state index contributed by atoms with van der Waals surface area (Å²) in [6, 6.07) is 4.21. The van der Waals surface area contributed by atoms with Gasteiger partial charge < -0.3 is 9.47 Å². The molecule has 0 saturated carbocycles. The molecule has 0 aromatic heterocycles. The molecule has 0 atom stereocenters. The van der Waals surface area contributed by atoms with E-state index in [1.54, 1.807) is 13.8 Å². The zero-order valence-electron chi connectivity index (χ0n) is 10.8. The molecule has 6 nitrogen and oxygen atoms in total. The van der Waals surface area contributed by atoms with Gasteiger partial charge >= 0.3 is 5.97 Å². The first kappa shape index (κ1) is 14.7. The number of nitro groups is 1. The summed E-state index contributed by atoms with van der Waals surface area (Å²) in [7, 11) is 0. The molecule has 0 spiro atoms. The lowest BCUT2D eigenvalue weighted by atomic mass is 10.1. The number of benzene rings is 1. The first-order chi connectivity index (χ1) is 9.08. The van der Waals surface area contributed by atoms with E-state index in [2.05, 4.69) is 0 Å². The van der Waals surface area contributed by atoms with Crippen molar-refractivity contribution in [2.45, 2.75) is 13.8 Å². The first-order valence-corrected chi connectivity index (χ1v) is 5.84. The van der Waals surface area contributed by atoms with E-state index in [4.69, 9.17) is 9.47 Å². The number of non-ortho nitro benzene ring substituents is 1. The number of rotatable bonds is 6. The Morgan fingerprint density at radius 1 is 1.37 bits per heavy atom. The highest BCUT2D eigenvalue weighted by Gasteiger charge is 2.10. The molecule has 0 aliphatic rings. The van der Waals surface area contributed by atoms with Gasteiger partial charge in [0.1, 0.15) is 5.75 Å². The van der Waals surface area contributed by atoms with Crippen molar-refractivity contribution in [3.8, 4) is 5.75 Å². The zero-order valence-corrected chi connectivity index (χ0v) is 10.8. The van der Waals surface area contributed by atoms with Crippen molar-refractivity contribution in [3.63, 3.8) is 0 Å². The molecule has 102 valence electrons.